The van der Waals surface area contributed by atoms with Crippen molar-refractivity contribution < 1.29 is 18.0 Å². The maximum Gasteiger partial charge on any atom is 0.405 e. The van der Waals surface area contributed by atoms with E-state index in [9.17, 15) is 18.0 Å². The summed E-state index contributed by atoms with van der Waals surface area (Å²) < 4.78 is 36.1. The van der Waals surface area contributed by atoms with Gasteiger partial charge in [0.25, 0.3) is 0 Å². The second-order valence-electron chi connectivity index (χ2n) is 4.84. The Morgan fingerprint density at radius 1 is 1.29 bits per heavy atom. The highest BCUT2D eigenvalue weighted by Crippen LogP contribution is 2.12. The Labute approximate surface area is 122 Å². The number of nitrogens with one attached hydrogen (secondary N) is 1. The minimum absolute atomic E-state index is 0.0612. The van der Waals surface area contributed by atoms with Crippen LogP contribution in [0.2, 0.25) is 0 Å². The van der Waals surface area contributed by atoms with E-state index in [2.05, 4.69) is 0 Å². The zero-order valence-electron chi connectivity index (χ0n) is 11.9. The molecule has 1 amide bonds. The van der Waals surface area contributed by atoms with Gasteiger partial charge < -0.3 is 11.1 Å². The number of hydrogen-bond donors (Lipinski definition) is 2. The fourth-order valence-corrected chi connectivity index (χ4v) is 1.87. The average molecular weight is 303 g/mol. The number of nitrogen functional groups attached to an aromatic ring is 1. The second-order valence-corrected chi connectivity index (χ2v) is 4.84. The van der Waals surface area contributed by atoms with Gasteiger partial charge >= 0.3 is 6.18 Å². The topological polar surface area (TPSA) is 58.4 Å². The summed E-state index contributed by atoms with van der Waals surface area (Å²) in [5.41, 5.74) is 7.19. The first-order valence-electron chi connectivity index (χ1n) is 6.70. The van der Waals surface area contributed by atoms with Crippen molar-refractivity contribution in [2.45, 2.75) is 26.1 Å². The van der Waals surface area contributed by atoms with Gasteiger partial charge in [-0.25, -0.2) is 0 Å². The molecule has 0 bridgehead atoms. The normalized spacial score (nSPS) is 11.7. The first-order valence-corrected chi connectivity index (χ1v) is 6.70. The molecule has 0 aliphatic heterocycles. The standard InChI is InChI=1S/C14H20F3N3O/c1-2-7-20(8-11-3-5-12(18)6-4-11)9-13(21)19-10-14(15,16)17/h3-6H,2,7-10,18H2,1H3,(H,19,21). The van der Waals surface area contributed by atoms with E-state index in [1.807, 2.05) is 24.4 Å². The average Bonchev–Trinajstić information content (AvgIpc) is 2.39. The van der Waals surface area contributed by atoms with E-state index >= 15 is 0 Å². The SMILES string of the molecule is CCCN(CC(=O)NCC(F)(F)F)Cc1ccc(N)cc1. The summed E-state index contributed by atoms with van der Waals surface area (Å²) in [6, 6.07) is 7.18. The Kier molecular flexibility index (Phi) is 6.48. The molecule has 4 nitrogen and oxygen atoms in total. The maximum absolute atomic E-state index is 12.0. The molecule has 0 atom stereocenters. The van der Waals surface area contributed by atoms with Crippen LogP contribution >= 0.6 is 0 Å². The van der Waals surface area contributed by atoms with Gasteiger partial charge in [-0.3, -0.25) is 9.69 Å². The number of anilines is 1. The van der Waals surface area contributed by atoms with Crippen molar-refractivity contribution >= 4 is 11.6 Å². The Balaban J connectivity index is 2.52. The zero-order chi connectivity index (χ0) is 15.9. The van der Waals surface area contributed by atoms with Crippen LogP contribution in [0.25, 0.3) is 0 Å². The summed E-state index contributed by atoms with van der Waals surface area (Å²) in [4.78, 5) is 13.3. The molecule has 1 aromatic carbocycles. The molecule has 1 rings (SSSR count). The number of nitrogens with two attached hydrogens (primary N) is 1. The summed E-state index contributed by atoms with van der Waals surface area (Å²) in [6.45, 7) is 1.71. The van der Waals surface area contributed by atoms with Crippen molar-refractivity contribution in [3.63, 3.8) is 0 Å². The van der Waals surface area contributed by atoms with Crippen LogP contribution in [0.3, 0.4) is 0 Å². The van der Waals surface area contributed by atoms with E-state index in [0.29, 0.717) is 18.8 Å². The number of hydrogen-bond acceptors (Lipinski definition) is 3. The van der Waals surface area contributed by atoms with Gasteiger partial charge in [-0.1, -0.05) is 19.1 Å². The second kappa shape index (κ2) is 7.87. The van der Waals surface area contributed by atoms with Crippen molar-refractivity contribution in [2.75, 3.05) is 25.4 Å². The molecule has 21 heavy (non-hydrogen) atoms. The number of carbonyl (C=O) groups is 1. The van der Waals surface area contributed by atoms with Gasteiger partial charge in [-0.15, -0.1) is 0 Å². The number of alkyl halides is 3. The van der Waals surface area contributed by atoms with Gasteiger partial charge in [0.05, 0.1) is 6.54 Å². The Morgan fingerprint density at radius 3 is 2.43 bits per heavy atom. The highest BCUT2D eigenvalue weighted by molar-refractivity contribution is 5.78. The lowest BCUT2D eigenvalue weighted by Crippen LogP contribution is -2.41. The largest absolute Gasteiger partial charge is 0.405 e. The van der Waals surface area contributed by atoms with Gasteiger partial charge in [0.15, 0.2) is 0 Å². The lowest BCUT2D eigenvalue weighted by molar-refractivity contribution is -0.139. The molecule has 0 unspecified atom stereocenters. The molecule has 0 heterocycles. The molecule has 1 aromatic rings. The molecule has 0 radical (unpaired) electrons. The number of carbonyl (C=O) groups excluding carboxylic acids is 1. The fraction of sp³-hybridized carbons (Fsp3) is 0.500. The summed E-state index contributed by atoms with van der Waals surface area (Å²) >= 11 is 0. The van der Waals surface area contributed by atoms with Gasteiger partial charge in [-0.2, -0.15) is 13.2 Å². The Bertz CT molecular complexity index is 446. The molecule has 0 aromatic heterocycles. The number of halogens is 3. The fourth-order valence-electron chi connectivity index (χ4n) is 1.87. The number of amides is 1. The lowest BCUT2D eigenvalue weighted by Gasteiger charge is -2.21. The third kappa shape index (κ3) is 7.55. The number of nitrogens with zero attached hydrogens (tertiary/aromatic N) is 1. The van der Waals surface area contributed by atoms with Gasteiger partial charge in [-0.05, 0) is 30.7 Å². The zero-order valence-corrected chi connectivity index (χ0v) is 11.9. The first-order chi connectivity index (χ1) is 9.80. The molecule has 0 fully saturated rings. The minimum Gasteiger partial charge on any atom is -0.399 e. The van der Waals surface area contributed by atoms with Crippen LogP contribution in [0.1, 0.15) is 18.9 Å². The summed E-state index contributed by atoms with van der Waals surface area (Å²) in [5.74, 6) is -0.628. The molecule has 0 aliphatic carbocycles. The van der Waals surface area contributed by atoms with E-state index < -0.39 is 18.6 Å². The predicted molar refractivity (Wildman–Crippen MR) is 75.5 cm³/mol. The van der Waals surface area contributed by atoms with Crippen molar-refractivity contribution in [1.82, 2.24) is 10.2 Å². The number of benzene rings is 1. The molecule has 0 saturated carbocycles. The van der Waals surface area contributed by atoms with Crippen molar-refractivity contribution in [3.8, 4) is 0 Å². The molecular formula is C14H20F3N3O. The van der Waals surface area contributed by atoms with Crippen LogP contribution in [0.5, 0.6) is 0 Å². The molecule has 0 aliphatic rings. The Morgan fingerprint density at radius 2 is 1.90 bits per heavy atom. The quantitative estimate of drug-likeness (QED) is 0.759. The van der Waals surface area contributed by atoms with Gasteiger partial charge in [0.2, 0.25) is 5.91 Å². The third-order valence-electron chi connectivity index (χ3n) is 2.78. The molecule has 0 spiro atoms. The van der Waals surface area contributed by atoms with Crippen LogP contribution in [0.15, 0.2) is 24.3 Å². The molecular weight excluding hydrogens is 283 g/mol. The smallest absolute Gasteiger partial charge is 0.399 e. The van der Waals surface area contributed by atoms with Crippen LogP contribution in [-0.4, -0.2) is 36.6 Å². The predicted octanol–water partition coefficient (Wildman–Crippen LogP) is 2.16. The molecule has 7 heteroatoms. The first kappa shape index (κ1) is 17.3. The van der Waals surface area contributed by atoms with Crippen LogP contribution < -0.4 is 11.1 Å². The van der Waals surface area contributed by atoms with Crippen LogP contribution in [-0.2, 0) is 11.3 Å². The molecule has 118 valence electrons. The monoisotopic (exact) mass is 303 g/mol. The number of rotatable bonds is 7. The van der Waals surface area contributed by atoms with E-state index in [1.165, 1.54) is 0 Å². The van der Waals surface area contributed by atoms with Crippen molar-refractivity contribution in [2.24, 2.45) is 0 Å². The van der Waals surface area contributed by atoms with Gasteiger partial charge in [0.1, 0.15) is 6.54 Å². The van der Waals surface area contributed by atoms with Crippen LogP contribution in [0.4, 0.5) is 18.9 Å². The highest BCUT2D eigenvalue weighted by Gasteiger charge is 2.27. The molecule has 3 N–H and O–H groups in total. The lowest BCUT2D eigenvalue weighted by atomic mass is 10.2. The maximum atomic E-state index is 12.0. The summed E-state index contributed by atoms with van der Waals surface area (Å²) in [6.07, 6.45) is -3.58. The van der Waals surface area contributed by atoms with Crippen LogP contribution in [0, 0.1) is 0 Å². The van der Waals surface area contributed by atoms with E-state index in [-0.39, 0.29) is 6.54 Å². The summed E-state index contributed by atoms with van der Waals surface area (Å²) in [5, 5.41) is 1.88. The van der Waals surface area contributed by atoms with Crippen molar-refractivity contribution in [3.05, 3.63) is 29.8 Å². The minimum atomic E-state index is -4.39. The van der Waals surface area contributed by atoms with E-state index in [0.717, 1.165) is 12.0 Å². The highest BCUT2D eigenvalue weighted by atomic mass is 19.4. The summed E-state index contributed by atoms with van der Waals surface area (Å²) in [7, 11) is 0. The molecule has 0 saturated heterocycles. The third-order valence-corrected chi connectivity index (χ3v) is 2.78. The van der Waals surface area contributed by atoms with Crippen molar-refractivity contribution in [1.29, 1.82) is 0 Å². The Hall–Kier alpha value is -1.76. The van der Waals surface area contributed by atoms with E-state index in [4.69, 9.17) is 5.73 Å². The van der Waals surface area contributed by atoms with Gasteiger partial charge in [0, 0.05) is 12.2 Å². The van der Waals surface area contributed by atoms with E-state index in [1.54, 1.807) is 17.0 Å².